The van der Waals surface area contributed by atoms with Crippen LogP contribution in [0.4, 0.5) is 0 Å². The lowest BCUT2D eigenvalue weighted by molar-refractivity contribution is -0.0783. The molecule has 2 rings (SSSR count). The summed E-state index contributed by atoms with van der Waals surface area (Å²) in [6, 6.07) is 0. The molecule has 0 saturated carbocycles. The number of aliphatic hydroxyl groups excluding tert-OH is 1. The fourth-order valence-electron chi connectivity index (χ4n) is 2.67. The number of hydrogen-bond donors (Lipinski definition) is 2. The largest absolute Gasteiger partial charge is 0.387 e. The van der Waals surface area contributed by atoms with Crippen LogP contribution in [0, 0.1) is 6.92 Å². The highest BCUT2D eigenvalue weighted by Gasteiger charge is 2.45. The summed E-state index contributed by atoms with van der Waals surface area (Å²) >= 11 is 0. The Kier molecular flexibility index (Phi) is 7.90. The summed E-state index contributed by atoms with van der Waals surface area (Å²) in [5.41, 5.74) is -0.943. The smallest absolute Gasteiger partial charge is 0.353 e. The Morgan fingerprint density at radius 2 is 1.96 bits per heavy atom. The third kappa shape index (κ3) is 5.06. The Bertz CT molecular complexity index is 841. The van der Waals surface area contributed by atoms with Crippen molar-refractivity contribution in [3.05, 3.63) is 44.5 Å². The zero-order valence-electron chi connectivity index (χ0n) is 16.1. The van der Waals surface area contributed by atoms with Gasteiger partial charge in [-0.25, -0.2) is 4.79 Å². The van der Waals surface area contributed by atoms with E-state index < -0.39 is 43.4 Å². The molecule has 0 spiro atoms. The number of methoxy groups -OCH3 is 1. The van der Waals surface area contributed by atoms with Gasteiger partial charge in [0.25, 0.3) is 5.56 Å². The number of rotatable bonds is 9. The quantitative estimate of drug-likeness (QED) is 0.422. The molecule has 0 aromatic carbocycles. The number of aryl methyl sites for hydroxylation is 1. The van der Waals surface area contributed by atoms with Crippen molar-refractivity contribution in [2.45, 2.75) is 31.5 Å². The fourth-order valence-corrected chi connectivity index (χ4v) is 3.44. The summed E-state index contributed by atoms with van der Waals surface area (Å²) in [7, 11) is 0.477. The highest BCUT2D eigenvalue weighted by atomic mass is 31.2. The minimum Gasteiger partial charge on any atom is -0.387 e. The first-order valence-electron chi connectivity index (χ1n) is 8.43. The summed E-state index contributed by atoms with van der Waals surface area (Å²) in [5, 5.41) is 10.6. The number of aromatic nitrogens is 2. The predicted molar refractivity (Wildman–Crippen MR) is 98.4 cm³/mol. The molecule has 2 N–H and O–H groups in total. The van der Waals surface area contributed by atoms with Crippen LogP contribution >= 0.6 is 7.60 Å². The van der Waals surface area contributed by atoms with Gasteiger partial charge in [-0.2, -0.15) is 0 Å². The SMILES string of the molecule is COCCO[C@@H]1[C@H](O)[C@@H](/C=C/P(=O)(OC)OC)O[C@H]1n1cc(C)c(=O)[nH]c1=O. The number of H-pyrrole nitrogens is 1. The second-order valence-electron chi connectivity index (χ2n) is 6.04. The van der Waals surface area contributed by atoms with Gasteiger partial charge in [0.1, 0.15) is 18.3 Å². The Hall–Kier alpha value is -1.59. The molecule has 28 heavy (non-hydrogen) atoms. The van der Waals surface area contributed by atoms with E-state index in [9.17, 15) is 19.3 Å². The molecule has 2 heterocycles. The Morgan fingerprint density at radius 1 is 1.29 bits per heavy atom. The third-order valence-corrected chi connectivity index (χ3v) is 5.79. The lowest BCUT2D eigenvalue weighted by Crippen LogP contribution is -2.40. The minimum absolute atomic E-state index is 0.139. The second-order valence-corrected chi connectivity index (χ2v) is 8.14. The Morgan fingerprint density at radius 3 is 2.57 bits per heavy atom. The Labute approximate surface area is 161 Å². The van der Waals surface area contributed by atoms with E-state index in [1.807, 2.05) is 0 Å². The molecule has 4 atom stereocenters. The highest BCUT2D eigenvalue weighted by Crippen LogP contribution is 2.48. The van der Waals surface area contributed by atoms with Crippen molar-refractivity contribution >= 4 is 7.60 Å². The van der Waals surface area contributed by atoms with Crippen LogP contribution in [0.1, 0.15) is 11.8 Å². The fraction of sp³-hybridized carbons (Fsp3) is 0.625. The van der Waals surface area contributed by atoms with Crippen molar-refractivity contribution in [2.24, 2.45) is 0 Å². The first kappa shape index (κ1) is 22.7. The van der Waals surface area contributed by atoms with Gasteiger partial charge < -0.3 is 28.4 Å². The van der Waals surface area contributed by atoms with Crippen molar-refractivity contribution in [1.29, 1.82) is 0 Å². The molecule has 1 saturated heterocycles. The van der Waals surface area contributed by atoms with Gasteiger partial charge in [0.15, 0.2) is 6.23 Å². The van der Waals surface area contributed by atoms with Crippen molar-refractivity contribution in [3.63, 3.8) is 0 Å². The van der Waals surface area contributed by atoms with Crippen LogP contribution in [0.25, 0.3) is 0 Å². The zero-order valence-corrected chi connectivity index (χ0v) is 17.0. The molecule has 158 valence electrons. The van der Waals surface area contributed by atoms with Gasteiger partial charge in [-0.15, -0.1) is 0 Å². The van der Waals surface area contributed by atoms with Gasteiger partial charge in [-0.3, -0.25) is 18.9 Å². The van der Waals surface area contributed by atoms with Gasteiger partial charge in [-0.05, 0) is 13.0 Å². The molecule has 0 amide bonds. The number of ether oxygens (including phenoxy) is 3. The topological polar surface area (TPSA) is 138 Å². The van der Waals surface area contributed by atoms with E-state index in [4.69, 9.17) is 23.3 Å². The number of hydrogen-bond acceptors (Lipinski definition) is 9. The molecule has 1 aliphatic rings. The lowest BCUT2D eigenvalue weighted by Gasteiger charge is -2.22. The van der Waals surface area contributed by atoms with E-state index in [-0.39, 0.29) is 18.8 Å². The molecular formula is C16H25N2O9P. The van der Waals surface area contributed by atoms with E-state index >= 15 is 0 Å². The molecule has 1 aromatic heterocycles. The van der Waals surface area contributed by atoms with E-state index in [0.717, 1.165) is 10.4 Å². The maximum absolute atomic E-state index is 12.2. The number of nitrogens with one attached hydrogen (secondary N) is 1. The first-order chi connectivity index (χ1) is 13.3. The van der Waals surface area contributed by atoms with E-state index in [1.165, 1.54) is 40.5 Å². The first-order valence-corrected chi connectivity index (χ1v) is 10.0. The van der Waals surface area contributed by atoms with Crippen molar-refractivity contribution < 1.29 is 32.9 Å². The maximum Gasteiger partial charge on any atom is 0.353 e. The van der Waals surface area contributed by atoms with E-state index in [1.54, 1.807) is 0 Å². The van der Waals surface area contributed by atoms with Crippen LogP contribution in [0.3, 0.4) is 0 Å². The molecule has 1 aliphatic heterocycles. The molecule has 1 fully saturated rings. The summed E-state index contributed by atoms with van der Waals surface area (Å²) in [6.45, 7) is 1.94. The van der Waals surface area contributed by atoms with E-state index in [2.05, 4.69) is 4.98 Å². The van der Waals surface area contributed by atoms with Crippen LogP contribution in [0.2, 0.25) is 0 Å². The summed E-state index contributed by atoms with van der Waals surface area (Å²) in [4.78, 5) is 26.1. The monoisotopic (exact) mass is 420 g/mol. The lowest BCUT2D eigenvalue weighted by atomic mass is 10.1. The zero-order chi connectivity index (χ0) is 20.9. The summed E-state index contributed by atoms with van der Waals surface area (Å²) in [6.07, 6.45) is -1.48. The average Bonchev–Trinajstić information content (AvgIpc) is 2.99. The minimum atomic E-state index is -3.47. The number of nitrogens with zero attached hydrogens (tertiary/aromatic N) is 1. The summed E-state index contributed by atoms with van der Waals surface area (Å²) in [5.74, 6) is 1.16. The molecule has 12 heteroatoms. The van der Waals surface area contributed by atoms with Crippen molar-refractivity contribution in [2.75, 3.05) is 34.5 Å². The standard InChI is InChI=1S/C16H25N2O9P/c1-10-9-18(16(21)17-14(10)20)15-13(26-7-6-23-2)12(19)11(27-15)5-8-28(22,24-3)25-4/h5,8-9,11-13,15,19H,6-7H2,1-4H3,(H,17,20,21)/b8-5+/t11-,12-,13-,15-/m1/s1. The molecule has 0 unspecified atom stereocenters. The van der Waals surface area contributed by atoms with Crippen LogP contribution in [-0.4, -0.2) is 67.5 Å². The average molecular weight is 420 g/mol. The molecule has 0 aliphatic carbocycles. The van der Waals surface area contributed by atoms with Gasteiger partial charge in [0.05, 0.1) is 13.2 Å². The van der Waals surface area contributed by atoms with Crippen LogP contribution in [-0.2, 0) is 27.8 Å². The van der Waals surface area contributed by atoms with Gasteiger partial charge in [-0.1, -0.05) is 0 Å². The van der Waals surface area contributed by atoms with Gasteiger partial charge in [0.2, 0.25) is 0 Å². The van der Waals surface area contributed by atoms with Crippen molar-refractivity contribution in [1.82, 2.24) is 9.55 Å². The highest BCUT2D eigenvalue weighted by molar-refractivity contribution is 7.57. The predicted octanol–water partition coefficient (Wildman–Crippen LogP) is 0.135. The second kappa shape index (κ2) is 9.75. The molecule has 1 aromatic rings. The third-order valence-electron chi connectivity index (χ3n) is 4.24. The number of aromatic amines is 1. The van der Waals surface area contributed by atoms with Crippen molar-refractivity contribution in [3.8, 4) is 0 Å². The molecular weight excluding hydrogens is 395 g/mol. The van der Waals surface area contributed by atoms with Gasteiger partial charge >= 0.3 is 13.3 Å². The van der Waals surface area contributed by atoms with E-state index in [0.29, 0.717) is 0 Å². The van der Waals surface area contributed by atoms with Crippen LogP contribution < -0.4 is 11.2 Å². The molecule has 11 nitrogen and oxygen atoms in total. The summed E-state index contributed by atoms with van der Waals surface area (Å²) < 4.78 is 39.3. The maximum atomic E-state index is 12.2. The molecule has 0 radical (unpaired) electrons. The normalized spacial score (nSPS) is 25.6. The van der Waals surface area contributed by atoms with Crippen LogP contribution in [0.5, 0.6) is 0 Å². The van der Waals surface area contributed by atoms with Crippen LogP contribution in [0.15, 0.2) is 27.7 Å². The Balaban J connectivity index is 2.35. The molecule has 0 bridgehead atoms. The number of aliphatic hydroxyl groups is 1. The van der Waals surface area contributed by atoms with Gasteiger partial charge in [0, 0.05) is 38.9 Å².